The average Bonchev–Trinajstić information content (AvgIpc) is 4.02. The molecule has 7 heterocycles. The van der Waals surface area contributed by atoms with Crippen molar-refractivity contribution in [1.29, 1.82) is 0 Å². The fourth-order valence-electron chi connectivity index (χ4n) is 11.2. The van der Waals surface area contributed by atoms with Gasteiger partial charge in [0.1, 0.15) is 17.2 Å². The number of imide groups is 1. The second kappa shape index (κ2) is 20.1. The van der Waals surface area contributed by atoms with E-state index in [0.717, 1.165) is 83.5 Å². The fourth-order valence-corrected chi connectivity index (χ4v) is 11.7. The molecule has 2 unspecified atom stereocenters. The number of fused-ring (bicyclic) bond motifs is 3. The molecule has 1 aliphatic carbocycles. The van der Waals surface area contributed by atoms with Crippen molar-refractivity contribution < 1.29 is 41.4 Å². The smallest absolute Gasteiger partial charge is 0.418 e. The van der Waals surface area contributed by atoms with Crippen molar-refractivity contribution in [2.24, 2.45) is 17.3 Å². The Bertz CT molecular complexity index is 2700. The number of carbonyl (C=O) groups is 3. The number of carbonyl (C=O) groups excluding carboxylic acids is 3. The highest BCUT2D eigenvalue weighted by Gasteiger charge is 2.46. The number of nitrogens with one attached hydrogen (secondary N) is 2. The lowest BCUT2D eigenvalue weighted by Gasteiger charge is -2.35. The molecule has 5 saturated heterocycles. The number of ether oxygens (including phenoxy) is 2. The number of aryl methyl sites for hydroxylation is 1. The van der Waals surface area contributed by atoms with Crippen molar-refractivity contribution in [1.82, 2.24) is 35.4 Å². The maximum absolute atomic E-state index is 17.0. The molecule has 71 heavy (non-hydrogen) atoms. The van der Waals surface area contributed by atoms with E-state index in [0.29, 0.717) is 79.9 Å². The highest BCUT2D eigenvalue weighted by molar-refractivity contribution is 6.35. The molecular weight excluding hydrogens is 968 g/mol. The van der Waals surface area contributed by atoms with E-state index in [1.165, 1.54) is 17.9 Å². The van der Waals surface area contributed by atoms with Crippen LogP contribution in [-0.2, 0) is 15.7 Å². The molecule has 6 fully saturated rings. The van der Waals surface area contributed by atoms with Gasteiger partial charge < -0.3 is 35.2 Å². The summed E-state index contributed by atoms with van der Waals surface area (Å²) in [4.78, 5) is 58.7. The number of likely N-dealkylation sites (tertiary alicyclic amines) is 2. The van der Waals surface area contributed by atoms with Crippen LogP contribution in [0.5, 0.6) is 6.01 Å². The molecule has 10 rings (SSSR count). The summed E-state index contributed by atoms with van der Waals surface area (Å²) in [5.74, 6) is -0.380. The maximum atomic E-state index is 17.0. The van der Waals surface area contributed by atoms with E-state index in [1.807, 2.05) is 4.90 Å². The van der Waals surface area contributed by atoms with E-state index in [9.17, 15) is 27.6 Å². The van der Waals surface area contributed by atoms with Crippen LogP contribution < -0.4 is 30.9 Å². The van der Waals surface area contributed by atoms with Crippen molar-refractivity contribution in [3.8, 4) is 17.3 Å². The Hall–Kier alpha value is -5.08. The third-order valence-corrected chi connectivity index (χ3v) is 15.9. The van der Waals surface area contributed by atoms with Gasteiger partial charge in [-0.05, 0) is 126 Å². The average molecular weight is 1030 g/mol. The Kier molecular flexibility index (Phi) is 14.0. The van der Waals surface area contributed by atoms with Gasteiger partial charge >= 0.3 is 18.2 Å². The van der Waals surface area contributed by atoms with Crippen molar-refractivity contribution in [3.63, 3.8) is 0 Å². The number of rotatable bonds is 14. The zero-order valence-electron chi connectivity index (χ0n) is 39.6. The third kappa shape index (κ3) is 10.7. The summed E-state index contributed by atoms with van der Waals surface area (Å²) in [5.41, 5.74) is 3.90. The molecule has 15 nitrogen and oxygen atoms in total. The molecule has 0 spiro atoms. The molecule has 2 atom stereocenters. The van der Waals surface area contributed by atoms with Crippen molar-refractivity contribution >= 4 is 69.3 Å². The molecule has 1 saturated carbocycles. The number of urea groups is 1. The summed E-state index contributed by atoms with van der Waals surface area (Å²) >= 11 is 13.1. The minimum Gasteiger partial charge on any atom is -0.463 e. The number of aromatic nitrogens is 3. The Balaban J connectivity index is 0.716. The predicted octanol–water partition coefficient (Wildman–Crippen LogP) is 8.26. The van der Waals surface area contributed by atoms with Crippen LogP contribution in [-0.4, -0.2) is 127 Å². The number of nitrogens with zero attached hydrogens (tertiary/aromatic N) is 7. The summed E-state index contributed by atoms with van der Waals surface area (Å²) in [6, 6.07) is 7.27. The van der Waals surface area contributed by atoms with E-state index in [2.05, 4.69) is 30.4 Å². The van der Waals surface area contributed by atoms with Crippen LogP contribution in [0.25, 0.3) is 22.2 Å². The van der Waals surface area contributed by atoms with Crippen molar-refractivity contribution in [2.45, 2.75) is 89.4 Å². The number of alkyl halides is 3. The lowest BCUT2D eigenvalue weighted by molar-refractivity contribution is -0.137. The predicted molar refractivity (Wildman–Crippen MR) is 261 cm³/mol. The second-order valence-corrected chi connectivity index (χ2v) is 21.2. The zero-order chi connectivity index (χ0) is 49.8. The first kappa shape index (κ1) is 49.5. The molecule has 5 aliphatic heterocycles. The number of anilines is 3. The topological polar surface area (TPSA) is 171 Å². The van der Waals surface area contributed by atoms with Crippen LogP contribution in [0.15, 0.2) is 30.3 Å². The Labute approximate surface area is 419 Å². The summed E-state index contributed by atoms with van der Waals surface area (Å²) < 4.78 is 72.9. The van der Waals surface area contributed by atoms with Crippen LogP contribution >= 0.6 is 23.2 Å². The summed E-state index contributed by atoms with van der Waals surface area (Å²) in [6.07, 6.45) is 3.93. The normalized spacial score (nSPS) is 22.1. The molecule has 21 heteroatoms. The molecule has 4 amide bonds. The molecule has 2 aromatic carbocycles. The summed E-state index contributed by atoms with van der Waals surface area (Å²) in [7, 11) is 0. The molecule has 6 aliphatic rings. The fraction of sp³-hybridized carbons (Fsp3) is 0.560. The van der Waals surface area contributed by atoms with Crippen LogP contribution in [0, 0.1) is 30.0 Å². The van der Waals surface area contributed by atoms with Gasteiger partial charge in [0.2, 0.25) is 5.91 Å². The highest BCUT2D eigenvalue weighted by Crippen LogP contribution is 2.48. The largest absolute Gasteiger partial charge is 0.463 e. The van der Waals surface area contributed by atoms with Gasteiger partial charge in [0, 0.05) is 87.4 Å². The molecule has 380 valence electrons. The lowest BCUT2D eigenvalue weighted by Crippen LogP contribution is -2.51. The molecule has 4 aromatic rings. The Morgan fingerprint density at radius 3 is 2.32 bits per heavy atom. The number of hydrogen-bond donors (Lipinski definition) is 3. The molecular formula is C50H58Cl2F4N10O5. The SMILES string of the molecule is Cc1cc(N)nc(-c2c(Cl)cc3c(N4CC5CCC(C4)N5)nc(OCC4(CN5CCC(CCOCC6CCN(C(=O)c7ccc(Cl)c(N8CCC(=O)NC8=O)c7)CC6)CC5)CC4)nc3c2F)c1C(F)(F)F. The number of piperidine rings is 2. The van der Waals surface area contributed by atoms with Crippen molar-refractivity contribution in [2.75, 3.05) is 87.7 Å². The molecule has 2 aromatic heterocycles. The Morgan fingerprint density at radius 1 is 0.915 bits per heavy atom. The van der Waals surface area contributed by atoms with Gasteiger partial charge in [-0.3, -0.25) is 19.8 Å². The first-order valence-corrected chi connectivity index (χ1v) is 25.4. The number of hydrogen-bond acceptors (Lipinski definition) is 12. The number of benzene rings is 2. The number of amides is 4. The number of piperazine rings is 1. The van der Waals surface area contributed by atoms with Gasteiger partial charge in [-0.1, -0.05) is 23.2 Å². The van der Waals surface area contributed by atoms with E-state index in [4.69, 9.17) is 43.4 Å². The molecule has 0 radical (unpaired) electrons. The van der Waals surface area contributed by atoms with Gasteiger partial charge in [0.05, 0.1) is 39.2 Å². The zero-order valence-corrected chi connectivity index (χ0v) is 41.1. The molecule has 4 N–H and O–H groups in total. The van der Waals surface area contributed by atoms with Gasteiger partial charge in [-0.15, -0.1) is 0 Å². The minimum atomic E-state index is -4.86. The van der Waals surface area contributed by atoms with E-state index >= 15 is 4.39 Å². The summed E-state index contributed by atoms with van der Waals surface area (Å²) in [5, 5.41) is 6.24. The van der Waals surface area contributed by atoms with Crippen LogP contribution in [0.3, 0.4) is 0 Å². The quantitative estimate of drug-likeness (QED) is 0.0818. The first-order valence-electron chi connectivity index (χ1n) is 24.7. The Morgan fingerprint density at radius 2 is 1.63 bits per heavy atom. The van der Waals surface area contributed by atoms with E-state index in [1.54, 1.807) is 18.2 Å². The van der Waals surface area contributed by atoms with Gasteiger partial charge in [0.25, 0.3) is 5.91 Å². The number of halogens is 6. The summed E-state index contributed by atoms with van der Waals surface area (Å²) in [6.45, 7) is 8.26. The van der Waals surface area contributed by atoms with Gasteiger partial charge in [-0.25, -0.2) is 14.2 Å². The highest BCUT2D eigenvalue weighted by atomic mass is 35.5. The van der Waals surface area contributed by atoms with Crippen molar-refractivity contribution in [3.05, 3.63) is 62.9 Å². The van der Waals surface area contributed by atoms with Gasteiger partial charge in [-0.2, -0.15) is 23.1 Å². The monoisotopic (exact) mass is 1020 g/mol. The van der Waals surface area contributed by atoms with E-state index in [-0.39, 0.29) is 75.6 Å². The van der Waals surface area contributed by atoms with Crippen LogP contribution in [0.1, 0.15) is 85.7 Å². The number of nitrogen functional groups attached to an aromatic ring is 1. The minimum absolute atomic E-state index is 0.0408. The van der Waals surface area contributed by atoms with E-state index < -0.39 is 34.8 Å². The second-order valence-electron chi connectivity index (χ2n) is 20.4. The van der Waals surface area contributed by atoms with Gasteiger partial charge in [0.15, 0.2) is 5.82 Å². The number of pyridine rings is 1. The van der Waals surface area contributed by atoms with Crippen LogP contribution in [0.4, 0.5) is 39.7 Å². The first-order chi connectivity index (χ1) is 34.0. The maximum Gasteiger partial charge on any atom is 0.418 e. The standard InChI is InChI=1S/C50H58Cl2F4N10O5/c1-28-20-38(57)59-44(41(28)50(54,55)56)40-36(52)22-34-43(42(40)53)61-47(62-45(34)65-23-32-3-4-33(24-65)58-32)71-27-49(12-13-49)26-63-14-6-29(7-15-63)11-19-70-25-30-8-16-64(17-9-30)46(68)31-2-5-35(51)37(21-31)66-18-10-39(67)60-48(66)69/h2,5,20-22,29-30,32-33,58H,3-4,6-19,23-27H2,1H3,(H2,57,59)(H,60,67,69). The lowest BCUT2D eigenvalue weighted by atomic mass is 9.93. The number of nitrogens with two attached hydrogens (primary N) is 1. The van der Waals surface area contributed by atoms with Crippen LogP contribution in [0.2, 0.25) is 10.0 Å². The molecule has 2 bridgehead atoms. The third-order valence-electron chi connectivity index (χ3n) is 15.3.